The molecule has 2 aliphatic carbocycles. The molecular weight excluding hydrogens is 392 g/mol. The van der Waals surface area contributed by atoms with Crippen molar-refractivity contribution in [2.24, 2.45) is 22.7 Å². The van der Waals surface area contributed by atoms with E-state index in [2.05, 4.69) is 0 Å². The number of cyclic esters (lactones) is 1. The SMILES string of the molecule is CC(=O)OC1CC23COC(=O)C2=CC(O)C(O)C3C(C)(CC(O)c2ccoc2)C1C. The van der Waals surface area contributed by atoms with Gasteiger partial charge in [0.05, 0.1) is 30.8 Å². The van der Waals surface area contributed by atoms with Gasteiger partial charge in [-0.15, -0.1) is 0 Å². The first-order valence-electron chi connectivity index (χ1n) is 10.2. The van der Waals surface area contributed by atoms with Gasteiger partial charge >= 0.3 is 11.9 Å². The quantitative estimate of drug-likeness (QED) is 0.626. The van der Waals surface area contributed by atoms with Gasteiger partial charge in [-0.2, -0.15) is 0 Å². The maximum Gasteiger partial charge on any atom is 0.334 e. The van der Waals surface area contributed by atoms with Crippen LogP contribution in [0.25, 0.3) is 0 Å². The molecule has 8 unspecified atom stereocenters. The molecule has 3 N–H and O–H groups in total. The molecule has 30 heavy (non-hydrogen) atoms. The number of aliphatic hydroxyl groups excluding tert-OH is 3. The molecule has 164 valence electrons. The van der Waals surface area contributed by atoms with Gasteiger partial charge < -0.3 is 29.2 Å². The highest BCUT2D eigenvalue weighted by atomic mass is 16.5. The maximum absolute atomic E-state index is 12.5. The van der Waals surface area contributed by atoms with E-state index in [0.29, 0.717) is 17.6 Å². The molecule has 0 radical (unpaired) electrons. The van der Waals surface area contributed by atoms with Crippen molar-refractivity contribution in [2.75, 3.05) is 6.61 Å². The first-order chi connectivity index (χ1) is 14.1. The summed E-state index contributed by atoms with van der Waals surface area (Å²) in [5.41, 5.74) is -0.804. The van der Waals surface area contributed by atoms with E-state index in [0.717, 1.165) is 0 Å². The molecule has 1 aromatic heterocycles. The molecule has 1 aromatic rings. The number of rotatable bonds is 4. The summed E-state index contributed by atoms with van der Waals surface area (Å²) < 4.78 is 16.1. The average molecular weight is 420 g/mol. The van der Waals surface area contributed by atoms with Crippen LogP contribution in [0, 0.1) is 22.7 Å². The third-order valence-electron chi connectivity index (χ3n) is 7.59. The van der Waals surface area contributed by atoms with Gasteiger partial charge in [-0.3, -0.25) is 4.79 Å². The summed E-state index contributed by atoms with van der Waals surface area (Å²) in [6.45, 7) is 5.19. The van der Waals surface area contributed by atoms with Crippen LogP contribution in [-0.2, 0) is 19.1 Å². The van der Waals surface area contributed by atoms with Crippen LogP contribution >= 0.6 is 0 Å². The number of carbonyl (C=O) groups is 2. The summed E-state index contributed by atoms with van der Waals surface area (Å²) in [7, 11) is 0. The summed E-state index contributed by atoms with van der Waals surface area (Å²) >= 11 is 0. The molecule has 0 amide bonds. The van der Waals surface area contributed by atoms with Gasteiger partial charge in [0.15, 0.2) is 0 Å². The highest BCUT2D eigenvalue weighted by Gasteiger charge is 2.68. The van der Waals surface area contributed by atoms with Crippen molar-refractivity contribution >= 4 is 11.9 Å². The van der Waals surface area contributed by atoms with E-state index in [1.807, 2.05) is 13.8 Å². The minimum Gasteiger partial charge on any atom is -0.472 e. The lowest BCUT2D eigenvalue weighted by Gasteiger charge is -2.60. The zero-order valence-corrected chi connectivity index (χ0v) is 17.3. The number of esters is 2. The molecule has 3 aliphatic rings. The summed E-state index contributed by atoms with van der Waals surface area (Å²) in [6, 6.07) is 1.67. The maximum atomic E-state index is 12.5. The number of hydrogen-bond acceptors (Lipinski definition) is 8. The second-order valence-electron chi connectivity index (χ2n) is 9.19. The minimum atomic E-state index is -1.23. The molecule has 1 saturated carbocycles. The topological polar surface area (TPSA) is 126 Å². The Bertz CT molecular complexity index is 860. The molecule has 4 rings (SSSR count). The predicted octanol–water partition coefficient (Wildman–Crippen LogP) is 1.50. The Hall–Kier alpha value is -2.16. The van der Waals surface area contributed by atoms with Crippen LogP contribution in [0.3, 0.4) is 0 Å². The summed E-state index contributed by atoms with van der Waals surface area (Å²) in [4.78, 5) is 24.3. The Labute approximate surface area is 174 Å². The molecule has 8 atom stereocenters. The van der Waals surface area contributed by atoms with Gasteiger partial charge in [0.1, 0.15) is 12.7 Å². The Morgan fingerprint density at radius 1 is 1.40 bits per heavy atom. The zero-order chi connectivity index (χ0) is 21.8. The van der Waals surface area contributed by atoms with Crippen molar-refractivity contribution in [3.63, 3.8) is 0 Å². The van der Waals surface area contributed by atoms with Crippen molar-refractivity contribution in [1.29, 1.82) is 0 Å². The molecule has 2 fully saturated rings. The zero-order valence-electron chi connectivity index (χ0n) is 17.3. The van der Waals surface area contributed by atoms with Crippen LogP contribution in [-0.4, -0.2) is 52.2 Å². The van der Waals surface area contributed by atoms with Crippen molar-refractivity contribution in [3.05, 3.63) is 35.8 Å². The number of hydrogen-bond donors (Lipinski definition) is 3. The van der Waals surface area contributed by atoms with Gasteiger partial charge in [-0.25, -0.2) is 4.79 Å². The summed E-state index contributed by atoms with van der Waals surface area (Å²) in [6.07, 6.45) is 0.974. The van der Waals surface area contributed by atoms with Crippen LogP contribution < -0.4 is 0 Å². The van der Waals surface area contributed by atoms with Gasteiger partial charge in [0.25, 0.3) is 0 Å². The van der Waals surface area contributed by atoms with Crippen molar-refractivity contribution < 1.29 is 38.8 Å². The van der Waals surface area contributed by atoms with E-state index in [4.69, 9.17) is 13.9 Å². The first-order valence-corrected chi connectivity index (χ1v) is 10.2. The van der Waals surface area contributed by atoms with Crippen molar-refractivity contribution in [2.45, 2.75) is 58.0 Å². The molecule has 0 bridgehead atoms. The molecule has 1 spiro atoms. The third kappa shape index (κ3) is 3.01. The van der Waals surface area contributed by atoms with Crippen LogP contribution in [0.2, 0.25) is 0 Å². The number of ether oxygens (including phenoxy) is 2. The largest absolute Gasteiger partial charge is 0.472 e. The van der Waals surface area contributed by atoms with E-state index in [1.165, 1.54) is 25.5 Å². The summed E-state index contributed by atoms with van der Waals surface area (Å²) in [5.74, 6) is -1.82. The fourth-order valence-electron chi connectivity index (χ4n) is 6.07. The second kappa shape index (κ2) is 7.21. The van der Waals surface area contributed by atoms with Gasteiger partial charge in [0.2, 0.25) is 0 Å². The van der Waals surface area contributed by atoms with Crippen LogP contribution in [0.4, 0.5) is 0 Å². The van der Waals surface area contributed by atoms with E-state index >= 15 is 0 Å². The fraction of sp³-hybridized carbons (Fsp3) is 0.636. The van der Waals surface area contributed by atoms with Crippen molar-refractivity contribution in [3.8, 4) is 0 Å². The van der Waals surface area contributed by atoms with Crippen molar-refractivity contribution in [1.82, 2.24) is 0 Å². The monoisotopic (exact) mass is 420 g/mol. The highest BCUT2D eigenvalue weighted by molar-refractivity contribution is 5.93. The predicted molar refractivity (Wildman–Crippen MR) is 103 cm³/mol. The Balaban J connectivity index is 1.82. The van der Waals surface area contributed by atoms with E-state index in [9.17, 15) is 24.9 Å². The molecule has 1 saturated heterocycles. The lowest BCUT2D eigenvalue weighted by molar-refractivity contribution is -0.200. The van der Waals surface area contributed by atoms with Crippen LogP contribution in [0.5, 0.6) is 0 Å². The molecular formula is C22H28O8. The Morgan fingerprint density at radius 3 is 2.77 bits per heavy atom. The fourth-order valence-corrected chi connectivity index (χ4v) is 6.07. The molecule has 1 aliphatic heterocycles. The second-order valence-corrected chi connectivity index (χ2v) is 9.19. The molecule has 8 nitrogen and oxygen atoms in total. The van der Waals surface area contributed by atoms with Gasteiger partial charge in [-0.05, 0) is 36.3 Å². The third-order valence-corrected chi connectivity index (χ3v) is 7.59. The standard InChI is InChI=1S/C22H28O8/c1-11-17(30-12(2)23)8-22-10-29-20(27)14(22)6-15(24)18(26)19(22)21(11,3)7-16(25)13-4-5-28-9-13/h4-6,9,11,15-19,24-26H,7-8,10H2,1-3H3. The van der Waals surface area contributed by atoms with E-state index in [1.54, 1.807) is 6.07 Å². The number of aliphatic hydroxyl groups is 3. The normalized spacial score (nSPS) is 41.3. The Morgan fingerprint density at radius 2 is 2.13 bits per heavy atom. The minimum absolute atomic E-state index is 0.0357. The number of furan rings is 1. The van der Waals surface area contributed by atoms with E-state index in [-0.39, 0.29) is 18.9 Å². The molecule has 0 aromatic carbocycles. The van der Waals surface area contributed by atoms with Gasteiger partial charge in [-0.1, -0.05) is 13.8 Å². The van der Waals surface area contributed by atoms with Gasteiger partial charge in [0, 0.05) is 29.4 Å². The lowest BCUT2D eigenvalue weighted by atomic mass is 9.45. The molecule has 2 heterocycles. The van der Waals surface area contributed by atoms with Crippen LogP contribution in [0.15, 0.2) is 34.7 Å². The summed E-state index contributed by atoms with van der Waals surface area (Å²) in [5, 5.41) is 32.5. The highest BCUT2D eigenvalue weighted by Crippen LogP contribution is 2.65. The lowest BCUT2D eigenvalue weighted by Crippen LogP contribution is -2.63. The average Bonchev–Trinajstić information content (AvgIpc) is 3.30. The Kier molecular flexibility index (Phi) is 5.07. The van der Waals surface area contributed by atoms with Crippen LogP contribution in [0.1, 0.15) is 45.3 Å². The smallest absolute Gasteiger partial charge is 0.334 e. The first kappa shape index (κ1) is 21.1. The number of carbonyl (C=O) groups excluding carboxylic acids is 2. The molecule has 8 heteroatoms. The van der Waals surface area contributed by atoms with E-state index < -0.39 is 53.1 Å².